The van der Waals surface area contributed by atoms with Gasteiger partial charge in [-0.15, -0.1) is 9.36 Å². The minimum Gasteiger partial charge on any atom is -0.750 e. The van der Waals surface area contributed by atoms with Gasteiger partial charge < -0.3 is 51.7 Å². The molecule has 50 heavy (non-hydrogen) atoms. The fourth-order valence-electron chi connectivity index (χ4n) is 4.77. The molecule has 1 aliphatic carbocycles. The van der Waals surface area contributed by atoms with Gasteiger partial charge in [-0.3, -0.25) is 14.9 Å². The number of rotatable bonds is 14. The van der Waals surface area contributed by atoms with E-state index in [2.05, 4.69) is 29.5 Å². The second-order valence-electron chi connectivity index (χ2n) is 11.0. The molecule has 2 amide bonds. The Morgan fingerprint density at radius 1 is 1.28 bits per heavy atom. The quantitative estimate of drug-likeness (QED) is 0.0332. The fourth-order valence-corrected chi connectivity index (χ4v) is 6.77. The Balaban J connectivity index is 0.00000126. The van der Waals surface area contributed by atoms with Gasteiger partial charge in [-0.2, -0.15) is 21.1 Å². The summed E-state index contributed by atoms with van der Waals surface area (Å²) in [6.45, 7) is 3.06. The second kappa shape index (κ2) is 16.9. The summed E-state index contributed by atoms with van der Waals surface area (Å²) in [4.78, 5) is 71.8. The molecule has 25 heteroatoms. The molecular formula is C25H33N10O12S3-. The standard InChI is InChI=1S/C25H32N10O8S2.H2O4S/c1-25(2,22(40)41)43-32-16(20-31-23(28)45-33-20)13(36)6-11-17(37)15-14(21(38)39)10(9-44-18(11)15)7-35-8-12(19(27)34(35)3)30-24(42)29-5-4-26;1-4-5(2)3/h8,11,15,18,27H,4-7,9,26H2,1-3H3,(H6,28,29,30,31,33,38,39,40,41,42);1H,(H,2,3)/p-1/b32-16+;/t11-,15?,18-;/m1./s1. The first kappa shape index (κ1) is 39.9. The number of nitrogens with zero attached hydrogens (tertiary/aromatic N) is 5. The lowest BCUT2D eigenvalue weighted by Gasteiger charge is -2.45. The number of thioether (sulfide) groups is 1. The number of carboxylic acid groups (broad SMARTS) is 2. The van der Waals surface area contributed by atoms with Crippen LogP contribution in [-0.4, -0.2) is 98.0 Å². The van der Waals surface area contributed by atoms with Gasteiger partial charge in [-0.05, 0) is 13.8 Å². The van der Waals surface area contributed by atoms with E-state index in [1.807, 2.05) is 0 Å². The van der Waals surface area contributed by atoms with Crippen LogP contribution in [0.15, 0.2) is 22.5 Å². The van der Waals surface area contributed by atoms with Crippen molar-refractivity contribution < 1.29 is 62.1 Å². The topological polar surface area (TPSA) is 357 Å². The maximum absolute atomic E-state index is 13.4. The highest BCUT2D eigenvalue weighted by Gasteiger charge is 2.56. The van der Waals surface area contributed by atoms with E-state index >= 15 is 0 Å². The first-order valence-corrected chi connectivity index (χ1v) is 17.0. The number of Topliss-reactive ketones (excluding diaryl/α,β-unsaturated/α-hetero) is 2. The molecule has 2 unspecified atom stereocenters. The van der Waals surface area contributed by atoms with Crippen LogP contribution in [0, 0.1) is 11.8 Å². The molecule has 4 rings (SSSR count). The van der Waals surface area contributed by atoms with Crippen molar-refractivity contribution in [2.75, 3.05) is 35.6 Å². The number of oxime groups is 1. The van der Waals surface area contributed by atoms with Crippen LogP contribution in [-0.2, 0) is 53.3 Å². The van der Waals surface area contributed by atoms with Crippen LogP contribution >= 0.6 is 23.3 Å². The summed E-state index contributed by atoms with van der Waals surface area (Å²) < 4.78 is 27.2. The van der Waals surface area contributed by atoms with Gasteiger partial charge in [0.2, 0.25) is 17.6 Å². The molecule has 0 spiro atoms. The van der Waals surface area contributed by atoms with Crippen molar-refractivity contribution in [1.29, 1.82) is 0 Å². The number of anilines is 3. The van der Waals surface area contributed by atoms with Crippen molar-refractivity contribution in [2.24, 2.45) is 29.8 Å². The zero-order valence-corrected chi connectivity index (χ0v) is 29.0. The van der Waals surface area contributed by atoms with E-state index in [9.17, 15) is 34.2 Å². The predicted molar refractivity (Wildman–Crippen MR) is 172 cm³/mol. The van der Waals surface area contributed by atoms with Gasteiger partial charge in [-0.25, -0.2) is 18.6 Å². The zero-order chi connectivity index (χ0) is 37.5. The van der Waals surface area contributed by atoms with E-state index in [1.165, 1.54) is 25.6 Å². The highest BCUT2D eigenvalue weighted by Crippen LogP contribution is 2.50. The molecule has 2 aromatic rings. The maximum atomic E-state index is 13.4. The third-order valence-electron chi connectivity index (χ3n) is 7.35. The summed E-state index contributed by atoms with van der Waals surface area (Å²) in [5, 5.41) is 36.4. The molecular weight excluding hydrogens is 729 g/mol. The number of nitrogen functional groups attached to an aromatic ring is 2. The molecule has 0 aromatic carbocycles. The van der Waals surface area contributed by atoms with Crippen molar-refractivity contribution in [3.63, 3.8) is 0 Å². The van der Waals surface area contributed by atoms with Crippen molar-refractivity contribution in [3.8, 4) is 0 Å². The van der Waals surface area contributed by atoms with Crippen LogP contribution < -0.4 is 37.8 Å². The third-order valence-corrected chi connectivity index (χ3v) is 9.50. The minimum absolute atomic E-state index is 0.0324. The number of carbonyl (C=O) groups is 5. The normalized spacial score (nSPS) is 19.4. The molecule has 2 aromatic heterocycles. The van der Waals surface area contributed by atoms with Gasteiger partial charge in [0.05, 0.1) is 29.9 Å². The lowest BCUT2D eigenvalue weighted by atomic mass is 9.66. The molecule has 3 heterocycles. The lowest BCUT2D eigenvalue weighted by Crippen LogP contribution is -2.56. The van der Waals surface area contributed by atoms with Gasteiger partial charge in [0.15, 0.2) is 34.7 Å². The Morgan fingerprint density at radius 3 is 2.48 bits per heavy atom. The van der Waals surface area contributed by atoms with E-state index in [0.717, 1.165) is 11.5 Å². The number of amides is 2. The summed E-state index contributed by atoms with van der Waals surface area (Å²) in [5.74, 6) is -5.21. The number of hydrogen-bond donors (Lipinski definition) is 7. The first-order chi connectivity index (χ1) is 23.4. The molecule has 0 saturated heterocycles. The Bertz CT molecular complexity index is 1740. The van der Waals surface area contributed by atoms with E-state index in [4.69, 9.17) is 36.1 Å². The van der Waals surface area contributed by atoms with Crippen LogP contribution in [0.4, 0.5) is 21.4 Å². The van der Waals surface area contributed by atoms with Crippen LogP contribution in [0.5, 0.6) is 0 Å². The Hall–Kier alpha value is -4.53. The van der Waals surface area contributed by atoms with Crippen LogP contribution in [0.1, 0.15) is 26.1 Å². The van der Waals surface area contributed by atoms with Crippen molar-refractivity contribution in [3.05, 3.63) is 23.2 Å². The number of nitrogens with two attached hydrogens (primary N) is 3. The molecule has 22 nitrogen and oxygen atoms in total. The van der Waals surface area contributed by atoms with E-state index in [0.29, 0.717) is 11.3 Å². The SMILES string of the molecule is Cn1c(N)c(NC(=O)NCCN)c[n+]1CC1=C(C(=O)O)C2C(=O)[C@@H](CC(=O)/C(=N\OC(C)(C)C(=O)O)c3nsc(N)n3)[C@H]2SC1.O=S([O-])O[O-]. The van der Waals surface area contributed by atoms with Gasteiger partial charge in [0.25, 0.3) is 0 Å². The highest BCUT2D eigenvalue weighted by atomic mass is 32.2. The number of carbonyl (C=O) groups excluding carboxylic acids is 3. The number of urea groups is 1. The molecule has 4 atom stereocenters. The number of nitrogens with one attached hydrogen (secondary N) is 2. The largest absolute Gasteiger partial charge is 0.750 e. The molecule has 10 N–H and O–H groups in total. The van der Waals surface area contributed by atoms with E-state index in [1.54, 1.807) is 22.6 Å². The number of aliphatic carboxylic acids is 2. The Morgan fingerprint density at radius 2 is 1.94 bits per heavy atom. The van der Waals surface area contributed by atoms with E-state index in [-0.39, 0.29) is 54.2 Å². The van der Waals surface area contributed by atoms with Crippen molar-refractivity contribution in [1.82, 2.24) is 19.4 Å². The van der Waals surface area contributed by atoms with Crippen LogP contribution in [0.3, 0.4) is 0 Å². The van der Waals surface area contributed by atoms with E-state index < -0.39 is 69.3 Å². The average molecular weight is 762 g/mol. The summed E-state index contributed by atoms with van der Waals surface area (Å²) in [6.07, 6.45) is 1.20. The van der Waals surface area contributed by atoms with Crippen molar-refractivity contribution >= 4 is 86.5 Å². The summed E-state index contributed by atoms with van der Waals surface area (Å²) >= 11 is -0.741. The van der Waals surface area contributed by atoms with Gasteiger partial charge >= 0.3 is 18.0 Å². The van der Waals surface area contributed by atoms with Gasteiger partial charge in [0.1, 0.15) is 5.78 Å². The maximum Gasteiger partial charge on any atom is 0.350 e. The third kappa shape index (κ3) is 9.37. The molecule has 0 bridgehead atoms. The summed E-state index contributed by atoms with van der Waals surface area (Å²) in [5.41, 5.74) is 15.7. The monoisotopic (exact) mass is 761 g/mol. The molecule has 2 aliphatic rings. The zero-order valence-electron chi connectivity index (χ0n) is 26.5. The van der Waals surface area contributed by atoms with Crippen LogP contribution in [0.25, 0.3) is 0 Å². The number of fused-ring (bicyclic) bond motifs is 1. The first-order valence-electron chi connectivity index (χ1n) is 14.2. The highest BCUT2D eigenvalue weighted by molar-refractivity contribution is 8.00. The molecule has 0 radical (unpaired) electrons. The average Bonchev–Trinajstić information content (AvgIpc) is 3.60. The van der Waals surface area contributed by atoms with Crippen LogP contribution in [0.2, 0.25) is 0 Å². The minimum atomic E-state index is -2.88. The number of ketones is 2. The smallest absolute Gasteiger partial charge is 0.350 e. The number of carboxylic acids is 2. The Kier molecular flexibility index (Phi) is 13.5. The summed E-state index contributed by atoms with van der Waals surface area (Å²) in [6, 6.07) is -0.508. The van der Waals surface area contributed by atoms with Gasteiger partial charge in [0, 0.05) is 53.5 Å². The lowest BCUT2D eigenvalue weighted by molar-refractivity contribution is -0.765. The molecule has 274 valence electrons. The van der Waals surface area contributed by atoms with Gasteiger partial charge in [-0.1, -0.05) is 5.16 Å². The molecule has 1 aliphatic heterocycles. The Labute approximate surface area is 293 Å². The molecule has 1 saturated carbocycles. The number of hydrogen-bond acceptors (Lipinski definition) is 18. The fraction of sp³-hybridized carbons (Fsp3) is 0.480. The number of aromatic nitrogens is 4. The summed E-state index contributed by atoms with van der Waals surface area (Å²) in [7, 11) is 1.64. The van der Waals surface area contributed by atoms with Crippen molar-refractivity contribution in [2.45, 2.75) is 37.7 Å². The predicted octanol–water partition coefficient (Wildman–Crippen LogP) is -2.96. The second-order valence-corrected chi connectivity index (χ2v) is 13.5. The molecule has 1 fully saturated rings.